The molecule has 2 atom stereocenters. The van der Waals surface area contributed by atoms with Crippen LogP contribution in [-0.4, -0.2) is 77.7 Å². The van der Waals surface area contributed by atoms with Crippen LogP contribution < -0.4 is 10.6 Å². The van der Waals surface area contributed by atoms with E-state index in [4.69, 9.17) is 0 Å². The lowest BCUT2D eigenvalue weighted by molar-refractivity contribution is -0.131. The Balaban J connectivity index is 1.52. The maximum Gasteiger partial charge on any atom is 0.243 e. The van der Waals surface area contributed by atoms with E-state index in [0.29, 0.717) is 47.7 Å². The standard InChI is InChI=1S/C21H24F2N10O/c1-4-32-20-16(28-30-32)6-5-15(25-20)17-13(23)10-33-18(17)19(24-3)27-21(29-33)26-14-7-8-31(11(2)34)9-12(14)22/h5-6,10,12,14H,4,7-9H2,1-3H3,(H2,24,26,27,29)/t12-,14+/m1/s1. The largest absolute Gasteiger partial charge is 0.371 e. The van der Waals surface area contributed by atoms with Crippen LogP contribution in [-0.2, 0) is 11.3 Å². The van der Waals surface area contributed by atoms with E-state index in [-0.39, 0.29) is 24.0 Å². The molecule has 0 aromatic carbocycles. The minimum Gasteiger partial charge on any atom is -0.371 e. The number of carbonyl (C=O) groups is 1. The monoisotopic (exact) mass is 470 g/mol. The van der Waals surface area contributed by atoms with Crippen molar-refractivity contribution < 1.29 is 13.6 Å². The summed E-state index contributed by atoms with van der Waals surface area (Å²) >= 11 is 0. The van der Waals surface area contributed by atoms with E-state index in [9.17, 15) is 9.18 Å². The first kappa shape index (κ1) is 21.9. The number of aryl methyl sites for hydroxylation is 1. The Morgan fingerprint density at radius 1 is 1.29 bits per heavy atom. The number of nitrogens with zero attached hydrogens (tertiary/aromatic N) is 8. The summed E-state index contributed by atoms with van der Waals surface area (Å²) in [5.74, 6) is -0.171. The lowest BCUT2D eigenvalue weighted by Gasteiger charge is -2.34. The summed E-state index contributed by atoms with van der Waals surface area (Å²) in [4.78, 5) is 22.1. The molecule has 0 saturated carbocycles. The SMILES string of the molecule is CCn1nnc2ccc(-c3c(F)cn4nc(N[C@H]5CCN(C(C)=O)C[C@H]5F)nc(NC)c34)nc21. The predicted molar refractivity (Wildman–Crippen MR) is 122 cm³/mol. The Bertz CT molecular complexity index is 1380. The maximum absolute atomic E-state index is 15.2. The van der Waals surface area contributed by atoms with Crippen LogP contribution in [0.4, 0.5) is 20.5 Å². The van der Waals surface area contributed by atoms with Crippen LogP contribution in [0, 0.1) is 5.82 Å². The van der Waals surface area contributed by atoms with Gasteiger partial charge in [-0.2, -0.15) is 4.98 Å². The van der Waals surface area contributed by atoms with Gasteiger partial charge in [-0.3, -0.25) is 4.79 Å². The molecule has 1 amide bonds. The molecule has 13 heteroatoms. The van der Waals surface area contributed by atoms with E-state index < -0.39 is 18.0 Å². The first-order chi connectivity index (χ1) is 16.4. The van der Waals surface area contributed by atoms with Gasteiger partial charge < -0.3 is 15.5 Å². The number of nitrogens with one attached hydrogen (secondary N) is 2. The van der Waals surface area contributed by atoms with E-state index in [1.165, 1.54) is 22.5 Å². The molecule has 4 aromatic rings. The highest BCUT2D eigenvalue weighted by molar-refractivity contribution is 5.89. The summed E-state index contributed by atoms with van der Waals surface area (Å²) in [6.45, 7) is 4.37. The Labute approximate surface area is 193 Å². The van der Waals surface area contributed by atoms with Gasteiger partial charge in [0.2, 0.25) is 11.9 Å². The van der Waals surface area contributed by atoms with Gasteiger partial charge in [-0.05, 0) is 25.5 Å². The molecule has 1 fully saturated rings. The van der Waals surface area contributed by atoms with Gasteiger partial charge in [0.15, 0.2) is 17.3 Å². The highest BCUT2D eigenvalue weighted by Crippen LogP contribution is 2.33. The molecule has 0 spiro atoms. The van der Waals surface area contributed by atoms with E-state index in [0.717, 1.165) is 0 Å². The molecule has 0 bridgehead atoms. The van der Waals surface area contributed by atoms with Crippen LogP contribution in [0.2, 0.25) is 0 Å². The quantitative estimate of drug-likeness (QED) is 0.455. The molecule has 5 heterocycles. The summed E-state index contributed by atoms with van der Waals surface area (Å²) in [6.07, 6.45) is 0.371. The van der Waals surface area contributed by atoms with Crippen LogP contribution >= 0.6 is 0 Å². The number of hydrogen-bond acceptors (Lipinski definition) is 8. The van der Waals surface area contributed by atoms with Crippen molar-refractivity contribution in [3.63, 3.8) is 0 Å². The molecule has 34 heavy (non-hydrogen) atoms. The lowest BCUT2D eigenvalue weighted by atomic mass is 10.0. The second-order valence-electron chi connectivity index (χ2n) is 8.14. The van der Waals surface area contributed by atoms with E-state index >= 15 is 4.39 Å². The van der Waals surface area contributed by atoms with Crippen molar-refractivity contribution in [2.24, 2.45) is 0 Å². The Morgan fingerprint density at radius 2 is 2.12 bits per heavy atom. The zero-order valence-electron chi connectivity index (χ0n) is 19.0. The van der Waals surface area contributed by atoms with Crippen LogP contribution in [0.25, 0.3) is 27.9 Å². The molecule has 178 valence electrons. The summed E-state index contributed by atoms with van der Waals surface area (Å²) in [5, 5.41) is 18.5. The van der Waals surface area contributed by atoms with Crippen molar-refractivity contribution in [2.75, 3.05) is 30.8 Å². The fraction of sp³-hybridized carbons (Fsp3) is 0.429. The molecular weight excluding hydrogens is 446 g/mol. The summed E-state index contributed by atoms with van der Waals surface area (Å²) in [7, 11) is 1.66. The summed E-state index contributed by atoms with van der Waals surface area (Å²) in [5.41, 5.74) is 2.19. The fourth-order valence-corrected chi connectivity index (χ4v) is 4.26. The van der Waals surface area contributed by atoms with E-state index in [2.05, 4.69) is 36.0 Å². The topological polar surface area (TPSA) is 118 Å². The molecule has 0 aliphatic carbocycles. The van der Waals surface area contributed by atoms with Crippen molar-refractivity contribution in [1.82, 2.24) is 39.5 Å². The van der Waals surface area contributed by atoms with Crippen molar-refractivity contribution in [1.29, 1.82) is 0 Å². The number of alkyl halides is 1. The third kappa shape index (κ3) is 3.66. The maximum atomic E-state index is 15.2. The number of likely N-dealkylation sites (tertiary alicyclic amines) is 1. The highest BCUT2D eigenvalue weighted by atomic mass is 19.1. The van der Waals surface area contributed by atoms with Gasteiger partial charge in [-0.25, -0.2) is 23.0 Å². The molecule has 1 saturated heterocycles. The van der Waals surface area contributed by atoms with Crippen LogP contribution in [0.3, 0.4) is 0 Å². The number of fused-ring (bicyclic) bond motifs is 2. The molecule has 0 radical (unpaired) electrons. The second kappa shape index (κ2) is 8.47. The predicted octanol–water partition coefficient (Wildman–Crippen LogP) is 2.11. The number of carbonyl (C=O) groups excluding carboxylic acids is 1. The smallest absolute Gasteiger partial charge is 0.243 e. The zero-order valence-corrected chi connectivity index (χ0v) is 19.0. The molecule has 1 aliphatic rings. The number of amides is 1. The van der Waals surface area contributed by atoms with Gasteiger partial charge in [-0.1, -0.05) is 5.21 Å². The molecule has 4 aromatic heterocycles. The van der Waals surface area contributed by atoms with E-state index in [1.54, 1.807) is 23.9 Å². The second-order valence-corrected chi connectivity index (χ2v) is 8.14. The number of pyridine rings is 1. The molecule has 1 aliphatic heterocycles. The minimum absolute atomic E-state index is 0.00771. The Morgan fingerprint density at radius 3 is 2.82 bits per heavy atom. The molecular formula is C21H24F2N10O. The highest BCUT2D eigenvalue weighted by Gasteiger charge is 2.31. The Hall–Kier alpha value is -3.90. The van der Waals surface area contributed by atoms with Gasteiger partial charge in [0.05, 0.1) is 30.0 Å². The van der Waals surface area contributed by atoms with Gasteiger partial charge in [0.25, 0.3) is 0 Å². The minimum atomic E-state index is -1.28. The van der Waals surface area contributed by atoms with Crippen LogP contribution in [0.5, 0.6) is 0 Å². The van der Waals surface area contributed by atoms with Crippen molar-refractivity contribution in [3.05, 3.63) is 24.1 Å². The average Bonchev–Trinajstić information content (AvgIpc) is 3.38. The molecule has 2 N–H and O–H groups in total. The van der Waals surface area contributed by atoms with Gasteiger partial charge >= 0.3 is 0 Å². The molecule has 0 unspecified atom stereocenters. The first-order valence-corrected chi connectivity index (χ1v) is 11.0. The van der Waals surface area contributed by atoms with Crippen molar-refractivity contribution in [3.8, 4) is 11.3 Å². The number of hydrogen-bond donors (Lipinski definition) is 2. The average molecular weight is 470 g/mol. The molecule has 5 rings (SSSR count). The number of aromatic nitrogens is 7. The normalized spacial score (nSPS) is 18.6. The van der Waals surface area contributed by atoms with Crippen molar-refractivity contribution >= 4 is 34.4 Å². The summed E-state index contributed by atoms with van der Waals surface area (Å²) < 4.78 is 32.9. The van der Waals surface area contributed by atoms with Crippen molar-refractivity contribution in [2.45, 2.75) is 39.0 Å². The number of piperidine rings is 1. The number of anilines is 2. The third-order valence-electron chi connectivity index (χ3n) is 6.04. The fourth-order valence-electron chi connectivity index (χ4n) is 4.26. The van der Waals surface area contributed by atoms with Gasteiger partial charge in [0, 0.05) is 27.1 Å². The zero-order chi connectivity index (χ0) is 24.0. The first-order valence-electron chi connectivity index (χ1n) is 11.0. The van der Waals surface area contributed by atoms with Crippen LogP contribution in [0.15, 0.2) is 18.3 Å². The Kier molecular flexibility index (Phi) is 5.46. The number of rotatable bonds is 5. The van der Waals surface area contributed by atoms with E-state index in [1.807, 2.05) is 6.92 Å². The van der Waals surface area contributed by atoms with Crippen LogP contribution in [0.1, 0.15) is 20.3 Å². The molecule has 11 nitrogen and oxygen atoms in total. The summed E-state index contributed by atoms with van der Waals surface area (Å²) in [6, 6.07) is 2.85. The third-order valence-corrected chi connectivity index (χ3v) is 6.04. The van der Waals surface area contributed by atoms with Gasteiger partial charge in [0.1, 0.15) is 17.2 Å². The number of halogens is 2. The lowest BCUT2D eigenvalue weighted by Crippen LogP contribution is -2.49. The van der Waals surface area contributed by atoms with Gasteiger partial charge in [-0.15, -0.1) is 10.2 Å².